The number of hydrogen-bond acceptors (Lipinski definition) is 4. The van der Waals surface area contributed by atoms with E-state index in [0.29, 0.717) is 11.3 Å². The number of aromatic hydroxyl groups is 2. The maximum Gasteiger partial charge on any atom is 0.178 e. The summed E-state index contributed by atoms with van der Waals surface area (Å²) in [4.78, 5) is 0. The molecule has 2 aromatic carbocycles. The Hall–Kier alpha value is -2.75. The van der Waals surface area contributed by atoms with Crippen LogP contribution in [0.25, 0.3) is 22.5 Å². The average molecular weight is 309 g/mol. The fourth-order valence-corrected chi connectivity index (χ4v) is 2.73. The van der Waals surface area contributed by atoms with E-state index < -0.39 is 0 Å². The molecule has 0 amide bonds. The third-order valence-corrected chi connectivity index (χ3v) is 3.87. The second-order valence-electron chi connectivity index (χ2n) is 5.62. The van der Waals surface area contributed by atoms with Gasteiger partial charge < -0.3 is 14.7 Å². The third-order valence-electron chi connectivity index (χ3n) is 3.87. The molecule has 4 nitrogen and oxygen atoms in total. The number of phenols is 2. The summed E-state index contributed by atoms with van der Waals surface area (Å²) in [6, 6.07) is 12.7. The molecule has 3 rings (SSSR count). The van der Waals surface area contributed by atoms with Crippen molar-refractivity contribution < 1.29 is 14.7 Å². The van der Waals surface area contributed by atoms with Gasteiger partial charge >= 0.3 is 0 Å². The number of nitrogens with zero attached hydrogens (tertiary/aromatic N) is 1. The van der Waals surface area contributed by atoms with Gasteiger partial charge in [0.2, 0.25) is 0 Å². The summed E-state index contributed by atoms with van der Waals surface area (Å²) >= 11 is 0. The van der Waals surface area contributed by atoms with Crippen molar-refractivity contribution in [3.63, 3.8) is 0 Å². The van der Waals surface area contributed by atoms with Crippen LogP contribution >= 0.6 is 0 Å². The first-order valence-corrected chi connectivity index (χ1v) is 7.68. The molecule has 0 fully saturated rings. The first kappa shape index (κ1) is 15.2. The van der Waals surface area contributed by atoms with Gasteiger partial charge in [-0.15, -0.1) is 0 Å². The fourth-order valence-electron chi connectivity index (χ4n) is 2.73. The van der Waals surface area contributed by atoms with Gasteiger partial charge in [-0.25, -0.2) is 0 Å². The molecule has 0 saturated carbocycles. The van der Waals surface area contributed by atoms with Crippen LogP contribution in [0.3, 0.4) is 0 Å². The summed E-state index contributed by atoms with van der Waals surface area (Å²) in [6.07, 6.45) is 2.16. The van der Waals surface area contributed by atoms with Crippen LogP contribution in [0.1, 0.15) is 24.6 Å². The number of aryl methyl sites for hydroxylation is 2. The first-order valence-electron chi connectivity index (χ1n) is 7.68. The van der Waals surface area contributed by atoms with Gasteiger partial charge in [-0.05, 0) is 36.6 Å². The first-order chi connectivity index (χ1) is 11.1. The van der Waals surface area contributed by atoms with E-state index in [0.717, 1.165) is 29.7 Å². The van der Waals surface area contributed by atoms with E-state index in [2.05, 4.69) is 24.2 Å². The molecule has 0 saturated heterocycles. The van der Waals surface area contributed by atoms with Crippen molar-refractivity contribution in [1.82, 2.24) is 5.16 Å². The third kappa shape index (κ3) is 2.93. The molecule has 0 aliphatic carbocycles. The Morgan fingerprint density at radius 1 is 1.04 bits per heavy atom. The normalized spacial score (nSPS) is 10.9. The van der Waals surface area contributed by atoms with Crippen molar-refractivity contribution in [2.75, 3.05) is 0 Å². The number of benzene rings is 2. The number of phenolic OH excluding ortho intramolecular Hbond substituents is 2. The lowest BCUT2D eigenvalue weighted by Gasteiger charge is -2.06. The fraction of sp³-hybridized carbons (Fsp3) is 0.211. The smallest absolute Gasteiger partial charge is 0.178 e. The molecule has 0 atom stereocenters. The number of hydrogen-bond donors (Lipinski definition) is 2. The van der Waals surface area contributed by atoms with Crippen LogP contribution in [-0.2, 0) is 6.42 Å². The van der Waals surface area contributed by atoms with Gasteiger partial charge in [0.05, 0.1) is 16.8 Å². The van der Waals surface area contributed by atoms with Gasteiger partial charge in [-0.1, -0.05) is 42.8 Å². The summed E-state index contributed by atoms with van der Waals surface area (Å²) in [5, 5.41) is 23.6. The highest BCUT2D eigenvalue weighted by atomic mass is 16.5. The van der Waals surface area contributed by atoms with Gasteiger partial charge in [-0.3, -0.25) is 0 Å². The van der Waals surface area contributed by atoms with Crippen LogP contribution in [0.5, 0.6) is 11.5 Å². The maximum atomic E-state index is 10.1. The minimum atomic E-state index is -0.0370. The van der Waals surface area contributed by atoms with E-state index in [1.165, 1.54) is 17.7 Å². The lowest BCUT2D eigenvalue weighted by molar-refractivity contribution is 0.420. The molecular formula is C19H19NO3. The lowest BCUT2D eigenvalue weighted by atomic mass is 9.97. The summed E-state index contributed by atoms with van der Waals surface area (Å²) < 4.78 is 5.44. The molecule has 0 spiro atoms. The molecule has 1 heterocycles. The van der Waals surface area contributed by atoms with Crippen LogP contribution in [-0.4, -0.2) is 15.4 Å². The van der Waals surface area contributed by atoms with Crippen LogP contribution in [0.15, 0.2) is 47.0 Å². The molecule has 4 heteroatoms. The van der Waals surface area contributed by atoms with Crippen molar-refractivity contribution in [2.24, 2.45) is 0 Å². The largest absolute Gasteiger partial charge is 0.508 e. The Kier molecular flexibility index (Phi) is 4.06. The van der Waals surface area contributed by atoms with E-state index in [1.54, 1.807) is 6.07 Å². The molecule has 23 heavy (non-hydrogen) atoms. The molecule has 1 aromatic heterocycles. The quantitative estimate of drug-likeness (QED) is 0.734. The van der Waals surface area contributed by atoms with Crippen LogP contribution in [0.2, 0.25) is 0 Å². The summed E-state index contributed by atoms with van der Waals surface area (Å²) in [5.41, 5.74) is 4.41. The molecule has 3 aromatic rings. The van der Waals surface area contributed by atoms with E-state index >= 15 is 0 Å². The standard InChI is InChI=1S/C19H19NO3/c1-3-4-13-5-7-14(8-6-13)18-12(2)20-23-19(18)16-10-9-15(21)11-17(16)22/h5-11,21-22H,3-4H2,1-2H3. The van der Waals surface area contributed by atoms with Crippen molar-refractivity contribution in [1.29, 1.82) is 0 Å². The van der Waals surface area contributed by atoms with Crippen LogP contribution in [0, 0.1) is 6.92 Å². The number of rotatable bonds is 4. The highest BCUT2D eigenvalue weighted by molar-refractivity contribution is 5.83. The van der Waals surface area contributed by atoms with E-state index in [1.807, 2.05) is 19.1 Å². The molecule has 0 unspecified atom stereocenters. The zero-order valence-electron chi connectivity index (χ0n) is 13.2. The molecule has 2 N–H and O–H groups in total. The molecule has 0 aliphatic heterocycles. The molecule has 0 radical (unpaired) electrons. The summed E-state index contributed by atoms with van der Waals surface area (Å²) in [6.45, 7) is 4.03. The Morgan fingerprint density at radius 2 is 1.78 bits per heavy atom. The summed E-state index contributed by atoms with van der Waals surface area (Å²) in [5.74, 6) is 0.473. The monoisotopic (exact) mass is 309 g/mol. The van der Waals surface area contributed by atoms with Gasteiger partial charge in [0.25, 0.3) is 0 Å². The van der Waals surface area contributed by atoms with Crippen molar-refractivity contribution in [2.45, 2.75) is 26.7 Å². The Balaban J connectivity index is 2.08. The van der Waals surface area contributed by atoms with Gasteiger partial charge in [0.1, 0.15) is 11.5 Å². The van der Waals surface area contributed by atoms with E-state index in [-0.39, 0.29) is 11.5 Å². The van der Waals surface area contributed by atoms with E-state index in [9.17, 15) is 10.2 Å². The van der Waals surface area contributed by atoms with Crippen molar-refractivity contribution in [3.8, 4) is 33.9 Å². The number of aromatic nitrogens is 1. The Morgan fingerprint density at radius 3 is 2.43 bits per heavy atom. The van der Waals surface area contributed by atoms with Crippen LogP contribution < -0.4 is 0 Å². The zero-order chi connectivity index (χ0) is 16.4. The van der Waals surface area contributed by atoms with E-state index in [4.69, 9.17) is 4.52 Å². The highest BCUT2D eigenvalue weighted by Gasteiger charge is 2.19. The van der Waals surface area contributed by atoms with Crippen LogP contribution in [0.4, 0.5) is 0 Å². The maximum absolute atomic E-state index is 10.1. The second-order valence-corrected chi connectivity index (χ2v) is 5.62. The predicted octanol–water partition coefficient (Wildman–Crippen LogP) is 4.68. The van der Waals surface area contributed by atoms with Gasteiger partial charge in [-0.2, -0.15) is 0 Å². The lowest BCUT2D eigenvalue weighted by Crippen LogP contribution is -1.86. The highest BCUT2D eigenvalue weighted by Crippen LogP contribution is 2.40. The predicted molar refractivity (Wildman–Crippen MR) is 89.4 cm³/mol. The minimum Gasteiger partial charge on any atom is -0.508 e. The Bertz CT molecular complexity index is 819. The zero-order valence-corrected chi connectivity index (χ0v) is 13.2. The van der Waals surface area contributed by atoms with Crippen molar-refractivity contribution in [3.05, 3.63) is 53.7 Å². The SMILES string of the molecule is CCCc1ccc(-c2c(C)noc2-c2ccc(O)cc2O)cc1. The molecule has 0 aliphatic rings. The molecule has 0 bridgehead atoms. The molecular weight excluding hydrogens is 290 g/mol. The van der Waals surface area contributed by atoms with Crippen molar-refractivity contribution >= 4 is 0 Å². The topological polar surface area (TPSA) is 66.5 Å². The van der Waals surface area contributed by atoms with Gasteiger partial charge in [0, 0.05) is 6.07 Å². The molecule has 118 valence electrons. The summed E-state index contributed by atoms with van der Waals surface area (Å²) in [7, 11) is 0. The second kappa shape index (κ2) is 6.16. The minimum absolute atomic E-state index is 0.00737. The van der Waals surface area contributed by atoms with Gasteiger partial charge in [0.15, 0.2) is 5.76 Å². The average Bonchev–Trinajstić information content (AvgIpc) is 2.90. The Labute approximate surface area is 135 Å².